The number of halogens is 3. The molecule has 1 aromatic heterocycles. The maximum absolute atomic E-state index is 13.2. The van der Waals surface area contributed by atoms with E-state index in [9.17, 15) is 23.1 Å². The molecule has 0 spiro atoms. The summed E-state index contributed by atoms with van der Waals surface area (Å²) in [5.74, 6) is 0.375. The van der Waals surface area contributed by atoms with Gasteiger partial charge >= 0.3 is 12.1 Å². The smallest absolute Gasteiger partial charge is 0.437 e. The third-order valence-corrected chi connectivity index (χ3v) is 6.90. The fourth-order valence-electron chi connectivity index (χ4n) is 4.88. The second kappa shape index (κ2) is 10.0. The Morgan fingerprint density at radius 2 is 1.92 bits per heavy atom. The molecule has 2 aromatic carbocycles. The van der Waals surface area contributed by atoms with Gasteiger partial charge in [0, 0.05) is 17.9 Å². The molecule has 0 fully saturated rings. The monoisotopic (exact) mass is 505 g/mol. The van der Waals surface area contributed by atoms with Crippen LogP contribution in [0.5, 0.6) is 11.5 Å². The van der Waals surface area contributed by atoms with Gasteiger partial charge in [0.25, 0.3) is 0 Å². The number of carboxylic acids is 1. The van der Waals surface area contributed by atoms with Gasteiger partial charge in [-0.15, -0.1) is 0 Å². The third kappa shape index (κ3) is 5.01. The fourth-order valence-corrected chi connectivity index (χ4v) is 4.88. The van der Waals surface area contributed by atoms with Crippen molar-refractivity contribution in [3.05, 3.63) is 52.7 Å². The number of aliphatic carboxylic acids is 1. The molecule has 6 nitrogen and oxygen atoms in total. The molecule has 0 bridgehead atoms. The Balaban J connectivity index is 1.35. The van der Waals surface area contributed by atoms with Crippen LogP contribution in [0.1, 0.15) is 68.3 Å². The van der Waals surface area contributed by atoms with Crippen LogP contribution in [-0.2, 0) is 23.8 Å². The van der Waals surface area contributed by atoms with E-state index in [1.807, 2.05) is 25.1 Å². The molecular weight excluding hydrogens is 475 g/mol. The standard InChI is InChI=1S/C27H30F3NO5/c1-4-6-19-22(12-10-20-23(19)36-31-24(20)27(28,29)30)35-14-5-13-34-17-8-9-18-16(15-17)7-11-21(18)26(2,3)25(32)33/h8-10,12,15,21H,4-7,11,13-14H2,1-3H3,(H,32,33)/t21-/m0/s1. The predicted molar refractivity (Wildman–Crippen MR) is 128 cm³/mol. The summed E-state index contributed by atoms with van der Waals surface area (Å²) in [5.41, 5.74) is 1.02. The Hall–Kier alpha value is -3.23. The second-order valence-electron chi connectivity index (χ2n) is 9.73. The first-order valence-corrected chi connectivity index (χ1v) is 12.1. The molecule has 194 valence electrons. The summed E-state index contributed by atoms with van der Waals surface area (Å²) in [6.45, 7) is 6.18. The summed E-state index contributed by atoms with van der Waals surface area (Å²) in [6, 6.07) is 8.68. The van der Waals surface area contributed by atoms with Gasteiger partial charge < -0.3 is 19.1 Å². The number of carbonyl (C=O) groups is 1. The van der Waals surface area contributed by atoms with E-state index < -0.39 is 23.3 Å². The molecule has 9 heteroatoms. The van der Waals surface area contributed by atoms with E-state index in [0.29, 0.717) is 43.8 Å². The van der Waals surface area contributed by atoms with E-state index in [1.54, 1.807) is 13.8 Å². The van der Waals surface area contributed by atoms with Crippen molar-refractivity contribution in [3.63, 3.8) is 0 Å². The van der Waals surface area contributed by atoms with E-state index in [-0.39, 0.29) is 16.9 Å². The van der Waals surface area contributed by atoms with Gasteiger partial charge in [0.2, 0.25) is 0 Å². The largest absolute Gasteiger partial charge is 0.493 e. The van der Waals surface area contributed by atoms with Gasteiger partial charge in [-0.1, -0.05) is 24.6 Å². The van der Waals surface area contributed by atoms with Crippen molar-refractivity contribution in [2.45, 2.75) is 65.0 Å². The Morgan fingerprint density at radius 3 is 2.61 bits per heavy atom. The number of nitrogens with zero attached hydrogens (tertiary/aromatic N) is 1. The van der Waals surface area contributed by atoms with Crippen molar-refractivity contribution >= 4 is 16.9 Å². The van der Waals surface area contributed by atoms with Crippen LogP contribution in [0.4, 0.5) is 13.2 Å². The molecular formula is C27H30F3NO5. The van der Waals surface area contributed by atoms with Crippen molar-refractivity contribution in [1.82, 2.24) is 5.16 Å². The van der Waals surface area contributed by atoms with Crippen molar-refractivity contribution in [2.75, 3.05) is 13.2 Å². The highest BCUT2D eigenvalue weighted by molar-refractivity contribution is 5.85. The number of aryl methyl sites for hydroxylation is 2. The topological polar surface area (TPSA) is 81.8 Å². The first-order chi connectivity index (χ1) is 17.0. The highest BCUT2D eigenvalue weighted by Gasteiger charge is 2.41. The molecule has 1 aliphatic rings. The van der Waals surface area contributed by atoms with Crippen molar-refractivity contribution < 1.29 is 37.1 Å². The maximum Gasteiger partial charge on any atom is 0.437 e. The van der Waals surface area contributed by atoms with E-state index in [2.05, 4.69) is 5.16 Å². The minimum absolute atomic E-state index is 0.0290. The molecule has 0 saturated heterocycles. The van der Waals surface area contributed by atoms with Gasteiger partial charge in [-0.3, -0.25) is 4.79 Å². The number of aromatic nitrogens is 1. The van der Waals surface area contributed by atoms with Gasteiger partial charge in [0.15, 0.2) is 11.3 Å². The second-order valence-corrected chi connectivity index (χ2v) is 9.73. The number of ether oxygens (including phenoxy) is 2. The lowest BCUT2D eigenvalue weighted by Crippen LogP contribution is -2.30. The van der Waals surface area contributed by atoms with Gasteiger partial charge in [0.1, 0.15) is 11.5 Å². The average Bonchev–Trinajstić information content (AvgIpc) is 3.44. The Labute approximate surface area is 207 Å². The molecule has 0 amide bonds. The summed E-state index contributed by atoms with van der Waals surface area (Å²) in [4.78, 5) is 11.7. The summed E-state index contributed by atoms with van der Waals surface area (Å²) < 4.78 is 56.4. The zero-order chi connectivity index (χ0) is 26.1. The highest BCUT2D eigenvalue weighted by atomic mass is 19.4. The first-order valence-electron chi connectivity index (χ1n) is 12.1. The lowest BCUT2D eigenvalue weighted by molar-refractivity contribution is -0.148. The molecule has 1 aliphatic carbocycles. The molecule has 4 rings (SSSR count). The van der Waals surface area contributed by atoms with E-state index in [0.717, 1.165) is 29.7 Å². The molecule has 1 heterocycles. The van der Waals surface area contributed by atoms with Crippen LogP contribution in [0.25, 0.3) is 11.0 Å². The van der Waals surface area contributed by atoms with Crippen LogP contribution in [0.2, 0.25) is 0 Å². The van der Waals surface area contributed by atoms with Gasteiger partial charge in [-0.2, -0.15) is 13.2 Å². The molecule has 1 atom stereocenters. The van der Waals surface area contributed by atoms with Crippen LogP contribution < -0.4 is 9.47 Å². The summed E-state index contributed by atoms with van der Waals surface area (Å²) in [6.07, 6.45) is -1.18. The highest BCUT2D eigenvalue weighted by Crippen LogP contribution is 2.46. The molecule has 0 unspecified atom stereocenters. The summed E-state index contributed by atoms with van der Waals surface area (Å²) in [7, 11) is 0. The van der Waals surface area contributed by atoms with Gasteiger partial charge in [-0.25, -0.2) is 0 Å². The summed E-state index contributed by atoms with van der Waals surface area (Å²) in [5, 5.41) is 12.8. The van der Waals surface area contributed by atoms with Crippen LogP contribution >= 0.6 is 0 Å². The van der Waals surface area contributed by atoms with Crippen LogP contribution in [0, 0.1) is 5.41 Å². The minimum atomic E-state index is -4.58. The lowest BCUT2D eigenvalue weighted by Gasteiger charge is -2.27. The molecule has 0 aliphatic heterocycles. The van der Waals surface area contributed by atoms with Crippen molar-refractivity contribution in [2.24, 2.45) is 5.41 Å². The number of benzene rings is 2. The van der Waals surface area contributed by atoms with Crippen LogP contribution in [0.15, 0.2) is 34.9 Å². The average molecular weight is 506 g/mol. The van der Waals surface area contributed by atoms with Crippen LogP contribution in [-0.4, -0.2) is 29.4 Å². The molecule has 3 aromatic rings. The molecule has 36 heavy (non-hydrogen) atoms. The molecule has 0 radical (unpaired) electrons. The zero-order valence-electron chi connectivity index (χ0n) is 20.6. The molecule has 1 N–H and O–H groups in total. The Morgan fingerprint density at radius 1 is 1.17 bits per heavy atom. The number of alkyl halides is 3. The third-order valence-electron chi connectivity index (χ3n) is 6.90. The van der Waals surface area contributed by atoms with Crippen LogP contribution in [0.3, 0.4) is 0 Å². The number of hydrogen-bond donors (Lipinski definition) is 1. The number of hydrogen-bond acceptors (Lipinski definition) is 5. The maximum atomic E-state index is 13.2. The quantitative estimate of drug-likeness (QED) is 0.306. The Kier molecular flexibility index (Phi) is 7.20. The normalized spacial score (nSPS) is 15.8. The fraction of sp³-hybridized carbons (Fsp3) is 0.481. The van der Waals surface area contributed by atoms with Gasteiger partial charge in [-0.05, 0) is 68.5 Å². The first kappa shape index (κ1) is 25.9. The SMILES string of the molecule is CCCc1c(OCCCOc2ccc3c(c2)CC[C@@H]3C(C)(C)C(=O)O)ccc2c(C(F)(F)F)noc12. The molecule has 0 saturated carbocycles. The van der Waals surface area contributed by atoms with Crippen molar-refractivity contribution in [1.29, 1.82) is 0 Å². The number of carboxylic acid groups (broad SMARTS) is 1. The summed E-state index contributed by atoms with van der Waals surface area (Å²) >= 11 is 0. The van der Waals surface area contributed by atoms with Gasteiger partial charge in [0.05, 0.1) is 24.0 Å². The van der Waals surface area contributed by atoms with E-state index in [1.165, 1.54) is 12.1 Å². The number of fused-ring (bicyclic) bond motifs is 2. The lowest BCUT2D eigenvalue weighted by atomic mass is 9.76. The predicted octanol–water partition coefficient (Wildman–Crippen LogP) is 6.79. The zero-order valence-corrected chi connectivity index (χ0v) is 20.6. The van der Waals surface area contributed by atoms with E-state index in [4.69, 9.17) is 14.0 Å². The Bertz CT molecular complexity index is 1250. The minimum Gasteiger partial charge on any atom is -0.493 e. The van der Waals surface area contributed by atoms with Crippen molar-refractivity contribution in [3.8, 4) is 11.5 Å². The van der Waals surface area contributed by atoms with E-state index >= 15 is 0 Å². The number of rotatable bonds is 10.